The van der Waals surface area contributed by atoms with E-state index in [2.05, 4.69) is 20.9 Å². The molecule has 0 N–H and O–H groups in total. The number of rotatable bonds is 4. The van der Waals surface area contributed by atoms with Crippen LogP contribution < -0.4 is 0 Å². The Morgan fingerprint density at radius 3 is 2.86 bits per heavy atom. The largest absolute Gasteiger partial charge is 0.339 e. The average molecular weight is 378 g/mol. The third-order valence-corrected chi connectivity index (χ3v) is 5.26. The standard InChI is InChI=1S/C16H16BrN3OS/c1-11(20-10-18-13-5-3-4-6-14(13)20)16(21)19(2)9-12-7-8-15(17)22-12/h3-8,10-11H,9H2,1-2H3/t11-/m0/s1. The first-order valence-corrected chi connectivity index (χ1v) is 8.58. The molecule has 0 bridgehead atoms. The smallest absolute Gasteiger partial charge is 0.245 e. The highest BCUT2D eigenvalue weighted by Gasteiger charge is 2.21. The molecule has 0 aliphatic carbocycles. The molecule has 0 saturated carbocycles. The molecule has 114 valence electrons. The maximum absolute atomic E-state index is 12.7. The fourth-order valence-corrected chi connectivity index (χ4v) is 4.01. The third kappa shape index (κ3) is 2.94. The summed E-state index contributed by atoms with van der Waals surface area (Å²) in [6, 6.07) is 11.6. The van der Waals surface area contributed by atoms with E-state index in [-0.39, 0.29) is 11.9 Å². The van der Waals surface area contributed by atoms with Gasteiger partial charge in [0.2, 0.25) is 5.91 Å². The molecular formula is C16H16BrN3OS. The molecule has 1 aromatic carbocycles. The summed E-state index contributed by atoms with van der Waals surface area (Å²) in [6.45, 7) is 2.53. The lowest BCUT2D eigenvalue weighted by Gasteiger charge is -2.22. The second kappa shape index (κ2) is 6.22. The number of hydrogen-bond donors (Lipinski definition) is 0. The Balaban J connectivity index is 1.79. The van der Waals surface area contributed by atoms with E-state index in [9.17, 15) is 4.79 Å². The van der Waals surface area contributed by atoms with Gasteiger partial charge in [-0.05, 0) is 47.1 Å². The topological polar surface area (TPSA) is 38.1 Å². The van der Waals surface area contributed by atoms with Gasteiger partial charge in [0.05, 0.1) is 27.7 Å². The molecule has 6 heteroatoms. The summed E-state index contributed by atoms with van der Waals surface area (Å²) in [4.78, 5) is 19.9. The number of imidazole rings is 1. The molecule has 1 amide bonds. The lowest BCUT2D eigenvalue weighted by molar-refractivity contribution is -0.133. The number of carbonyl (C=O) groups excluding carboxylic acids is 1. The number of likely N-dealkylation sites (N-methyl/N-ethyl adjacent to an activating group) is 1. The zero-order valence-electron chi connectivity index (χ0n) is 12.4. The molecule has 4 nitrogen and oxygen atoms in total. The third-order valence-electron chi connectivity index (χ3n) is 3.65. The van der Waals surface area contributed by atoms with Crippen molar-refractivity contribution in [1.29, 1.82) is 0 Å². The van der Waals surface area contributed by atoms with Gasteiger partial charge in [0.1, 0.15) is 6.04 Å². The maximum Gasteiger partial charge on any atom is 0.245 e. The number of aromatic nitrogens is 2. The van der Waals surface area contributed by atoms with Crippen LogP contribution in [-0.4, -0.2) is 27.4 Å². The van der Waals surface area contributed by atoms with Crippen molar-refractivity contribution in [2.45, 2.75) is 19.5 Å². The van der Waals surface area contributed by atoms with Gasteiger partial charge in [-0.25, -0.2) is 4.98 Å². The Bertz CT molecular complexity index is 810. The average Bonchev–Trinajstić information content (AvgIpc) is 3.12. The van der Waals surface area contributed by atoms with Gasteiger partial charge < -0.3 is 9.47 Å². The minimum atomic E-state index is -0.277. The van der Waals surface area contributed by atoms with Crippen molar-refractivity contribution in [2.24, 2.45) is 0 Å². The first-order chi connectivity index (χ1) is 10.6. The number of carbonyl (C=O) groups is 1. The van der Waals surface area contributed by atoms with Gasteiger partial charge in [-0.2, -0.15) is 0 Å². The van der Waals surface area contributed by atoms with Crippen LogP contribution in [0.4, 0.5) is 0 Å². The molecule has 0 aliphatic heterocycles. The molecule has 0 saturated heterocycles. The summed E-state index contributed by atoms with van der Waals surface area (Å²) in [6.07, 6.45) is 1.74. The van der Waals surface area contributed by atoms with Gasteiger partial charge in [-0.1, -0.05) is 12.1 Å². The summed E-state index contributed by atoms with van der Waals surface area (Å²) < 4.78 is 3.01. The molecule has 1 atom stereocenters. The van der Waals surface area contributed by atoms with E-state index in [0.29, 0.717) is 6.54 Å². The second-order valence-electron chi connectivity index (χ2n) is 5.22. The molecule has 0 unspecified atom stereocenters. The van der Waals surface area contributed by atoms with Crippen LogP contribution >= 0.6 is 27.3 Å². The van der Waals surface area contributed by atoms with E-state index in [4.69, 9.17) is 0 Å². The summed E-state index contributed by atoms with van der Waals surface area (Å²) in [5, 5.41) is 0. The van der Waals surface area contributed by atoms with Crippen LogP contribution in [-0.2, 0) is 11.3 Å². The van der Waals surface area contributed by atoms with Gasteiger partial charge >= 0.3 is 0 Å². The summed E-state index contributed by atoms with van der Waals surface area (Å²) >= 11 is 5.10. The van der Waals surface area contributed by atoms with E-state index in [1.54, 1.807) is 22.6 Å². The number of halogens is 1. The molecule has 22 heavy (non-hydrogen) atoms. The predicted octanol–water partition coefficient (Wildman–Crippen LogP) is 4.08. The molecule has 0 fully saturated rings. The SMILES string of the molecule is C[C@@H](C(=O)N(C)Cc1ccc(Br)s1)n1cnc2ccccc21. The number of amides is 1. The fraction of sp³-hybridized carbons (Fsp3) is 0.250. The second-order valence-corrected chi connectivity index (χ2v) is 7.76. The molecule has 2 aromatic heterocycles. The maximum atomic E-state index is 12.7. The molecule has 0 aliphatic rings. The minimum Gasteiger partial charge on any atom is -0.339 e. The quantitative estimate of drug-likeness (QED) is 0.686. The van der Waals surface area contributed by atoms with Crippen LogP contribution in [0.2, 0.25) is 0 Å². The van der Waals surface area contributed by atoms with Crippen LogP contribution in [0.3, 0.4) is 0 Å². The van der Waals surface area contributed by atoms with E-state index in [1.807, 2.05) is 54.9 Å². The first kappa shape index (κ1) is 15.2. The lowest BCUT2D eigenvalue weighted by Crippen LogP contribution is -2.32. The highest BCUT2D eigenvalue weighted by Crippen LogP contribution is 2.24. The van der Waals surface area contributed by atoms with Crippen molar-refractivity contribution in [3.63, 3.8) is 0 Å². The molecule has 0 radical (unpaired) electrons. The van der Waals surface area contributed by atoms with Crippen molar-refractivity contribution >= 4 is 44.2 Å². The normalized spacial score (nSPS) is 12.5. The van der Waals surface area contributed by atoms with Crippen LogP contribution in [0.15, 0.2) is 46.5 Å². The molecular weight excluding hydrogens is 362 g/mol. The summed E-state index contributed by atoms with van der Waals surface area (Å²) in [7, 11) is 1.84. The van der Waals surface area contributed by atoms with Crippen molar-refractivity contribution in [2.75, 3.05) is 7.05 Å². The van der Waals surface area contributed by atoms with E-state index in [1.165, 1.54) is 0 Å². The molecule has 3 rings (SSSR count). The Hall–Kier alpha value is -1.66. The number of fused-ring (bicyclic) bond motifs is 1. The van der Waals surface area contributed by atoms with Gasteiger partial charge in [-0.3, -0.25) is 4.79 Å². The van der Waals surface area contributed by atoms with Crippen molar-refractivity contribution in [1.82, 2.24) is 14.5 Å². The fourth-order valence-electron chi connectivity index (χ4n) is 2.47. The van der Waals surface area contributed by atoms with Gasteiger partial charge in [-0.15, -0.1) is 11.3 Å². The Kier molecular flexibility index (Phi) is 4.31. The summed E-state index contributed by atoms with van der Waals surface area (Å²) in [5.74, 6) is 0.0766. The van der Waals surface area contributed by atoms with E-state index < -0.39 is 0 Å². The number of nitrogens with zero attached hydrogens (tertiary/aromatic N) is 3. The number of para-hydroxylation sites is 2. The Morgan fingerprint density at radius 1 is 1.36 bits per heavy atom. The molecule has 2 heterocycles. The van der Waals surface area contributed by atoms with E-state index >= 15 is 0 Å². The van der Waals surface area contributed by atoms with Crippen LogP contribution in [0.5, 0.6) is 0 Å². The van der Waals surface area contributed by atoms with Gasteiger partial charge in [0, 0.05) is 11.9 Å². The summed E-state index contributed by atoms with van der Waals surface area (Å²) in [5.41, 5.74) is 1.89. The number of hydrogen-bond acceptors (Lipinski definition) is 3. The molecule has 0 spiro atoms. The van der Waals surface area contributed by atoms with Crippen molar-refractivity contribution < 1.29 is 4.79 Å². The monoisotopic (exact) mass is 377 g/mol. The first-order valence-electron chi connectivity index (χ1n) is 6.97. The van der Waals surface area contributed by atoms with Crippen molar-refractivity contribution in [3.8, 4) is 0 Å². The molecule has 3 aromatic rings. The van der Waals surface area contributed by atoms with Crippen LogP contribution in [0.25, 0.3) is 11.0 Å². The zero-order valence-corrected chi connectivity index (χ0v) is 14.8. The highest BCUT2D eigenvalue weighted by molar-refractivity contribution is 9.11. The predicted molar refractivity (Wildman–Crippen MR) is 92.9 cm³/mol. The van der Waals surface area contributed by atoms with E-state index in [0.717, 1.165) is 19.7 Å². The van der Waals surface area contributed by atoms with Gasteiger partial charge in [0.15, 0.2) is 0 Å². The van der Waals surface area contributed by atoms with Crippen LogP contribution in [0.1, 0.15) is 17.8 Å². The highest BCUT2D eigenvalue weighted by atomic mass is 79.9. The Morgan fingerprint density at radius 2 is 2.14 bits per heavy atom. The van der Waals surface area contributed by atoms with Gasteiger partial charge in [0.25, 0.3) is 0 Å². The Labute approximate surface area is 141 Å². The lowest BCUT2D eigenvalue weighted by atomic mass is 10.2. The number of thiophene rings is 1. The van der Waals surface area contributed by atoms with Crippen LogP contribution in [0, 0.1) is 0 Å². The van der Waals surface area contributed by atoms with Crippen molar-refractivity contribution in [3.05, 3.63) is 51.4 Å². The minimum absolute atomic E-state index is 0.0766. The number of benzene rings is 1. The zero-order chi connectivity index (χ0) is 15.7.